The van der Waals surface area contributed by atoms with E-state index in [-0.39, 0.29) is 5.41 Å². The molecule has 180 valence electrons. The third kappa shape index (κ3) is 3.13. The fraction of sp³-hybridized carbons (Fsp3) is 0.242. The number of hydrogen-bond donors (Lipinski definition) is 0. The van der Waals surface area contributed by atoms with Crippen LogP contribution in [0.1, 0.15) is 61.1 Å². The van der Waals surface area contributed by atoms with E-state index < -0.39 is 5.54 Å². The van der Waals surface area contributed by atoms with Crippen LogP contribution in [-0.4, -0.2) is 4.98 Å². The maximum Gasteiger partial charge on any atom is 0.252 e. The predicted octanol–water partition coefficient (Wildman–Crippen LogP) is 9.07. The molecule has 0 bridgehead atoms. The molecule has 2 heterocycles. The lowest BCUT2D eigenvalue weighted by molar-refractivity contribution is 0.660. The Hall–Kier alpha value is -3.99. The number of nitriles is 1. The number of pyridine rings is 1. The Morgan fingerprint density at radius 1 is 1.03 bits per heavy atom. The molecule has 5 aromatic rings. The Kier molecular flexibility index (Phi) is 4.91. The number of aryl methyl sites for hydroxylation is 2. The van der Waals surface area contributed by atoms with Gasteiger partial charge in [-0.3, -0.25) is 4.98 Å². The molecule has 37 heavy (non-hydrogen) atoms. The molecule has 0 fully saturated rings. The minimum atomic E-state index is -0.606. The van der Waals surface area contributed by atoms with E-state index >= 15 is 0 Å². The van der Waals surface area contributed by atoms with E-state index in [1.54, 1.807) is 17.5 Å². The Morgan fingerprint density at radius 3 is 2.51 bits per heavy atom. The summed E-state index contributed by atoms with van der Waals surface area (Å²) in [5.74, 6) is 0. The Bertz CT molecular complexity index is 1870. The molecule has 0 saturated carbocycles. The molecule has 0 atom stereocenters. The van der Waals surface area contributed by atoms with Crippen LogP contribution in [-0.2, 0) is 11.0 Å². The molecule has 3 aromatic carbocycles. The maximum absolute atomic E-state index is 9.98. The first-order valence-corrected chi connectivity index (χ1v) is 13.3. The highest BCUT2D eigenvalue weighted by Crippen LogP contribution is 2.52. The summed E-state index contributed by atoms with van der Waals surface area (Å²) in [6, 6.07) is 19.8. The van der Waals surface area contributed by atoms with Gasteiger partial charge >= 0.3 is 0 Å². The van der Waals surface area contributed by atoms with Crippen LogP contribution in [0.15, 0.2) is 54.7 Å². The van der Waals surface area contributed by atoms with Gasteiger partial charge in [-0.05, 0) is 59.4 Å². The van der Waals surface area contributed by atoms with Crippen molar-refractivity contribution in [2.45, 2.75) is 52.5 Å². The maximum atomic E-state index is 9.98. The lowest BCUT2D eigenvalue weighted by Crippen LogP contribution is -2.15. The van der Waals surface area contributed by atoms with E-state index in [1.165, 1.54) is 27.8 Å². The van der Waals surface area contributed by atoms with Crippen molar-refractivity contribution in [2.75, 3.05) is 0 Å². The van der Waals surface area contributed by atoms with Crippen molar-refractivity contribution < 1.29 is 0 Å². The quantitative estimate of drug-likeness (QED) is 0.228. The third-order valence-electron chi connectivity index (χ3n) is 8.12. The van der Waals surface area contributed by atoms with E-state index in [2.05, 4.69) is 87.1 Å². The summed E-state index contributed by atoms with van der Waals surface area (Å²) in [7, 11) is 0. The van der Waals surface area contributed by atoms with Crippen LogP contribution in [0.5, 0.6) is 0 Å². The molecule has 0 saturated heterocycles. The van der Waals surface area contributed by atoms with E-state index in [4.69, 9.17) is 11.6 Å². The van der Waals surface area contributed by atoms with Crippen LogP contribution in [0.2, 0.25) is 0 Å². The molecule has 0 unspecified atom stereocenters. The highest BCUT2D eigenvalue weighted by Gasteiger charge is 2.37. The summed E-state index contributed by atoms with van der Waals surface area (Å²) in [5, 5.41) is 12.0. The summed E-state index contributed by atoms with van der Waals surface area (Å²) in [4.78, 5) is 8.74. The smallest absolute Gasteiger partial charge is 0.252 e. The monoisotopic (exact) mass is 497 g/mol. The van der Waals surface area contributed by atoms with Crippen molar-refractivity contribution in [3.8, 4) is 28.5 Å². The van der Waals surface area contributed by atoms with Crippen LogP contribution >= 0.6 is 11.3 Å². The number of hydrogen-bond acceptors (Lipinski definition) is 3. The van der Waals surface area contributed by atoms with Crippen LogP contribution in [0, 0.1) is 31.8 Å². The number of nitrogens with zero attached hydrogens (tertiary/aromatic N) is 3. The zero-order chi connectivity index (χ0) is 26.3. The minimum Gasteiger partial charge on any atom is -0.306 e. The van der Waals surface area contributed by atoms with Crippen molar-refractivity contribution in [3.05, 3.63) is 99.5 Å². The Morgan fingerprint density at radius 2 is 1.78 bits per heavy atom. The number of fused-ring (bicyclic) bond motifs is 6. The van der Waals surface area contributed by atoms with Gasteiger partial charge in [-0.1, -0.05) is 50.2 Å². The second-order valence-corrected chi connectivity index (χ2v) is 12.1. The summed E-state index contributed by atoms with van der Waals surface area (Å²) in [5.41, 5.74) is 10.6. The summed E-state index contributed by atoms with van der Waals surface area (Å²) < 4.78 is 2.16. The topological polar surface area (TPSA) is 41.0 Å². The molecule has 1 aliphatic rings. The van der Waals surface area contributed by atoms with Gasteiger partial charge in [0.15, 0.2) is 0 Å². The fourth-order valence-electron chi connectivity index (χ4n) is 6.16. The average molecular weight is 498 g/mol. The van der Waals surface area contributed by atoms with Crippen molar-refractivity contribution in [2.24, 2.45) is 0 Å². The van der Waals surface area contributed by atoms with E-state index in [9.17, 15) is 5.26 Å². The molecule has 0 aliphatic heterocycles. The lowest BCUT2D eigenvalue weighted by atomic mass is 9.81. The number of thiophene rings is 1. The Balaban J connectivity index is 1.66. The third-order valence-corrected chi connectivity index (χ3v) is 9.46. The number of benzene rings is 3. The molecule has 0 spiro atoms. The van der Waals surface area contributed by atoms with Gasteiger partial charge in [-0.2, -0.15) is 5.26 Å². The SMILES string of the molecule is [C-]#[N+]C(C)(C)c1ccc2c(sc3c(-c4cc(C)c5c(c4)C(C)(C)c4ccccc4-5)ncc(C#N)c32)c1C. The first kappa shape index (κ1) is 23.4. The molecular weight excluding hydrogens is 470 g/mol. The summed E-state index contributed by atoms with van der Waals surface area (Å²) in [6.07, 6.45) is 1.72. The van der Waals surface area contributed by atoms with Gasteiger partial charge in [0.05, 0.1) is 16.0 Å². The van der Waals surface area contributed by atoms with Gasteiger partial charge in [0.25, 0.3) is 5.54 Å². The van der Waals surface area contributed by atoms with E-state index in [0.717, 1.165) is 42.6 Å². The second-order valence-electron chi connectivity index (χ2n) is 11.1. The van der Waals surface area contributed by atoms with Gasteiger partial charge < -0.3 is 4.85 Å². The van der Waals surface area contributed by atoms with Crippen LogP contribution in [0.25, 0.3) is 47.4 Å². The highest BCUT2D eigenvalue weighted by atomic mass is 32.1. The van der Waals surface area contributed by atoms with Gasteiger partial charge in [0, 0.05) is 52.1 Å². The fourth-order valence-corrected chi connectivity index (χ4v) is 7.50. The summed E-state index contributed by atoms with van der Waals surface area (Å²) >= 11 is 1.69. The van der Waals surface area contributed by atoms with Crippen molar-refractivity contribution in [1.29, 1.82) is 5.26 Å². The molecule has 1 aliphatic carbocycles. The van der Waals surface area contributed by atoms with E-state index in [0.29, 0.717) is 5.56 Å². The van der Waals surface area contributed by atoms with Gasteiger partial charge in [0.2, 0.25) is 0 Å². The molecule has 2 aromatic heterocycles. The molecular formula is C33H27N3S. The average Bonchev–Trinajstić information content (AvgIpc) is 3.38. The van der Waals surface area contributed by atoms with E-state index in [1.807, 2.05) is 13.8 Å². The summed E-state index contributed by atoms with van der Waals surface area (Å²) in [6.45, 7) is 20.5. The van der Waals surface area contributed by atoms with Crippen molar-refractivity contribution in [1.82, 2.24) is 4.98 Å². The molecule has 4 heteroatoms. The van der Waals surface area contributed by atoms with Crippen molar-refractivity contribution in [3.63, 3.8) is 0 Å². The zero-order valence-electron chi connectivity index (χ0n) is 21.9. The van der Waals surface area contributed by atoms with Crippen LogP contribution in [0.3, 0.4) is 0 Å². The van der Waals surface area contributed by atoms with Gasteiger partial charge in [-0.15, -0.1) is 11.3 Å². The van der Waals surface area contributed by atoms with Crippen LogP contribution in [0.4, 0.5) is 0 Å². The number of aromatic nitrogens is 1. The first-order chi connectivity index (χ1) is 17.6. The Labute approximate surface area is 221 Å². The number of rotatable bonds is 2. The highest BCUT2D eigenvalue weighted by molar-refractivity contribution is 7.26. The normalized spacial score (nSPS) is 13.8. The van der Waals surface area contributed by atoms with Gasteiger partial charge in [-0.25, -0.2) is 6.57 Å². The second kappa shape index (κ2) is 7.75. The predicted molar refractivity (Wildman–Crippen MR) is 154 cm³/mol. The van der Waals surface area contributed by atoms with Crippen LogP contribution < -0.4 is 0 Å². The first-order valence-electron chi connectivity index (χ1n) is 12.5. The minimum absolute atomic E-state index is 0.102. The standard InChI is InChI=1S/C33H27N3S/c1-18-14-20(15-26-27(18)22-10-8-9-11-25(22)32(26,3)4)29-31-28(21(16-34)17-36-29)23-12-13-24(33(5,6)35-7)19(2)30(23)37-31/h8-15,17H,1-6H3. The molecule has 3 nitrogen and oxygen atoms in total. The van der Waals surface area contributed by atoms with Crippen molar-refractivity contribution >= 4 is 31.5 Å². The molecule has 0 N–H and O–H groups in total. The lowest BCUT2D eigenvalue weighted by Gasteiger charge is -2.22. The van der Waals surface area contributed by atoms with Gasteiger partial charge in [0.1, 0.15) is 6.07 Å². The zero-order valence-corrected chi connectivity index (χ0v) is 22.8. The molecule has 0 amide bonds. The molecule has 6 rings (SSSR count). The largest absolute Gasteiger partial charge is 0.306 e. The molecule has 0 radical (unpaired) electrons.